The smallest absolute Gasteiger partial charge is 0.416 e. The van der Waals surface area contributed by atoms with Gasteiger partial charge in [-0.2, -0.15) is 13.2 Å². The minimum Gasteiger partial charge on any atom is -0.497 e. The Morgan fingerprint density at radius 2 is 1.78 bits per heavy atom. The van der Waals surface area contributed by atoms with Crippen LogP contribution in [0.3, 0.4) is 0 Å². The van der Waals surface area contributed by atoms with Crippen LogP contribution in [-0.4, -0.2) is 42.7 Å². The van der Waals surface area contributed by atoms with Crippen LogP contribution in [0.5, 0.6) is 5.75 Å². The summed E-state index contributed by atoms with van der Waals surface area (Å²) in [6.45, 7) is 1.29. The Hall–Kier alpha value is -3.26. The van der Waals surface area contributed by atoms with Gasteiger partial charge in [0.25, 0.3) is 5.91 Å². The Kier molecular flexibility index (Phi) is 7.58. The molecule has 170 valence electrons. The van der Waals surface area contributed by atoms with Crippen molar-refractivity contribution in [3.8, 4) is 5.75 Å². The number of hydrogen-bond donors (Lipinski definition) is 0. The summed E-state index contributed by atoms with van der Waals surface area (Å²) in [4.78, 5) is 14.8. The molecular formula is C24H25F3N2O3. The summed E-state index contributed by atoms with van der Waals surface area (Å²) in [5.74, 6) is 0.483. The van der Waals surface area contributed by atoms with Crippen molar-refractivity contribution in [3.05, 3.63) is 89.2 Å². The Morgan fingerprint density at radius 3 is 2.44 bits per heavy atom. The third-order valence-electron chi connectivity index (χ3n) is 5.07. The van der Waals surface area contributed by atoms with E-state index in [-0.39, 0.29) is 12.5 Å². The highest BCUT2D eigenvalue weighted by Crippen LogP contribution is 2.29. The van der Waals surface area contributed by atoms with Gasteiger partial charge in [0.15, 0.2) is 0 Å². The van der Waals surface area contributed by atoms with Crippen molar-refractivity contribution in [3.63, 3.8) is 0 Å². The van der Waals surface area contributed by atoms with E-state index in [2.05, 4.69) is 0 Å². The molecule has 3 rings (SSSR count). The number of nitrogens with zero attached hydrogens (tertiary/aromatic N) is 2. The third-order valence-corrected chi connectivity index (χ3v) is 5.07. The highest BCUT2D eigenvalue weighted by atomic mass is 19.4. The van der Waals surface area contributed by atoms with Gasteiger partial charge in [0, 0.05) is 37.7 Å². The topological polar surface area (TPSA) is 43.7 Å². The molecular weight excluding hydrogens is 421 g/mol. The van der Waals surface area contributed by atoms with E-state index < -0.39 is 11.7 Å². The van der Waals surface area contributed by atoms with Crippen LogP contribution in [0.2, 0.25) is 0 Å². The second-order valence-electron chi connectivity index (χ2n) is 7.27. The second kappa shape index (κ2) is 10.4. The molecule has 0 saturated heterocycles. The standard InChI is InChI=1S/C24H25F3N2O3/c1-31-14-13-29(23(30)19-8-10-22(32-2)11-9-19)17-21-7-4-12-28(21)16-18-5-3-6-20(15-18)24(25,26)27/h3-12,15H,13-14,16-17H2,1-2H3. The molecule has 0 aliphatic heterocycles. The van der Waals surface area contributed by atoms with Gasteiger partial charge in [0.1, 0.15) is 5.75 Å². The van der Waals surface area contributed by atoms with Gasteiger partial charge in [-0.25, -0.2) is 0 Å². The first-order valence-electron chi connectivity index (χ1n) is 10.0. The number of hydrogen-bond acceptors (Lipinski definition) is 3. The van der Waals surface area contributed by atoms with Gasteiger partial charge in [0.2, 0.25) is 0 Å². The molecule has 8 heteroatoms. The lowest BCUT2D eigenvalue weighted by atomic mass is 10.1. The van der Waals surface area contributed by atoms with E-state index >= 15 is 0 Å². The molecule has 1 amide bonds. The maximum absolute atomic E-state index is 13.1. The minimum atomic E-state index is -4.39. The number of rotatable bonds is 9. The summed E-state index contributed by atoms with van der Waals surface area (Å²) in [6.07, 6.45) is -2.60. The largest absolute Gasteiger partial charge is 0.497 e. The van der Waals surface area contributed by atoms with E-state index in [1.807, 2.05) is 16.7 Å². The summed E-state index contributed by atoms with van der Waals surface area (Å²) in [5, 5.41) is 0. The van der Waals surface area contributed by atoms with Gasteiger partial charge in [-0.1, -0.05) is 12.1 Å². The number of amides is 1. The zero-order valence-corrected chi connectivity index (χ0v) is 17.9. The first-order chi connectivity index (χ1) is 15.3. The number of aromatic nitrogens is 1. The lowest BCUT2D eigenvalue weighted by molar-refractivity contribution is -0.137. The molecule has 1 aromatic heterocycles. The van der Waals surface area contributed by atoms with E-state index in [4.69, 9.17) is 9.47 Å². The molecule has 0 N–H and O–H groups in total. The first-order valence-corrected chi connectivity index (χ1v) is 10.0. The normalized spacial score (nSPS) is 11.4. The molecule has 0 unspecified atom stereocenters. The third kappa shape index (κ3) is 5.91. The molecule has 0 bridgehead atoms. The van der Waals surface area contributed by atoms with Crippen molar-refractivity contribution in [1.82, 2.24) is 9.47 Å². The van der Waals surface area contributed by atoms with Crippen LogP contribution in [0, 0.1) is 0 Å². The quantitative estimate of drug-likeness (QED) is 0.472. The van der Waals surface area contributed by atoms with E-state index in [1.54, 1.807) is 55.6 Å². The second-order valence-corrected chi connectivity index (χ2v) is 7.27. The van der Waals surface area contributed by atoms with Crippen molar-refractivity contribution in [2.24, 2.45) is 0 Å². The molecule has 0 atom stereocenters. The molecule has 0 aliphatic carbocycles. The fourth-order valence-electron chi connectivity index (χ4n) is 3.36. The lowest BCUT2D eigenvalue weighted by Crippen LogP contribution is -2.34. The Labute approximate surface area is 185 Å². The van der Waals surface area contributed by atoms with Crippen molar-refractivity contribution in [2.75, 3.05) is 27.4 Å². The van der Waals surface area contributed by atoms with E-state index in [0.29, 0.717) is 36.6 Å². The molecule has 5 nitrogen and oxygen atoms in total. The van der Waals surface area contributed by atoms with Crippen molar-refractivity contribution in [1.29, 1.82) is 0 Å². The molecule has 0 saturated carbocycles. The van der Waals surface area contributed by atoms with E-state index in [0.717, 1.165) is 17.8 Å². The number of alkyl halides is 3. The average molecular weight is 446 g/mol. The fraction of sp³-hybridized carbons (Fsp3) is 0.292. The lowest BCUT2D eigenvalue weighted by Gasteiger charge is -2.24. The molecule has 3 aromatic rings. The zero-order chi connectivity index (χ0) is 23.1. The predicted molar refractivity (Wildman–Crippen MR) is 115 cm³/mol. The Balaban J connectivity index is 1.79. The fourth-order valence-corrected chi connectivity index (χ4v) is 3.36. The van der Waals surface area contributed by atoms with E-state index in [1.165, 1.54) is 6.07 Å². The van der Waals surface area contributed by atoms with Gasteiger partial charge in [-0.15, -0.1) is 0 Å². The molecule has 0 fully saturated rings. The van der Waals surface area contributed by atoms with Crippen LogP contribution in [0.1, 0.15) is 27.2 Å². The highest BCUT2D eigenvalue weighted by Gasteiger charge is 2.30. The summed E-state index contributed by atoms with van der Waals surface area (Å²) in [6, 6.07) is 15.8. The van der Waals surface area contributed by atoms with Gasteiger partial charge in [-0.3, -0.25) is 4.79 Å². The van der Waals surface area contributed by atoms with Gasteiger partial charge >= 0.3 is 6.18 Å². The SMILES string of the molecule is COCCN(Cc1cccn1Cc1cccc(C(F)(F)F)c1)C(=O)c1ccc(OC)cc1. The molecule has 2 aromatic carbocycles. The van der Waals surface area contributed by atoms with Crippen LogP contribution in [0.25, 0.3) is 0 Å². The zero-order valence-electron chi connectivity index (χ0n) is 17.9. The minimum absolute atomic E-state index is 0.170. The number of ether oxygens (including phenoxy) is 2. The van der Waals surface area contributed by atoms with Crippen LogP contribution in [0.4, 0.5) is 13.2 Å². The van der Waals surface area contributed by atoms with E-state index in [9.17, 15) is 18.0 Å². The molecule has 1 heterocycles. The summed E-state index contributed by atoms with van der Waals surface area (Å²) in [5.41, 5.74) is 1.17. The monoisotopic (exact) mass is 446 g/mol. The van der Waals surface area contributed by atoms with Crippen molar-refractivity contribution < 1.29 is 27.4 Å². The Morgan fingerprint density at radius 1 is 1.03 bits per heavy atom. The van der Waals surface area contributed by atoms with Crippen LogP contribution < -0.4 is 4.74 Å². The molecule has 32 heavy (non-hydrogen) atoms. The summed E-state index contributed by atoms with van der Waals surface area (Å²) < 4.78 is 51.3. The van der Waals surface area contributed by atoms with Crippen LogP contribution in [0.15, 0.2) is 66.9 Å². The summed E-state index contributed by atoms with van der Waals surface area (Å²) in [7, 11) is 3.12. The predicted octanol–water partition coefficient (Wildman–Crippen LogP) is 4.85. The highest BCUT2D eigenvalue weighted by molar-refractivity contribution is 5.94. The summed E-state index contributed by atoms with van der Waals surface area (Å²) >= 11 is 0. The number of carbonyl (C=O) groups excluding carboxylic acids is 1. The maximum Gasteiger partial charge on any atom is 0.416 e. The van der Waals surface area contributed by atoms with Crippen molar-refractivity contribution in [2.45, 2.75) is 19.3 Å². The first kappa shape index (κ1) is 23.4. The van der Waals surface area contributed by atoms with Crippen LogP contribution in [-0.2, 0) is 24.0 Å². The Bertz CT molecular complexity index is 1030. The van der Waals surface area contributed by atoms with Crippen molar-refractivity contribution >= 4 is 5.91 Å². The van der Waals surface area contributed by atoms with Gasteiger partial charge < -0.3 is 18.9 Å². The maximum atomic E-state index is 13.1. The number of benzene rings is 2. The van der Waals surface area contributed by atoms with Crippen LogP contribution >= 0.6 is 0 Å². The molecule has 0 spiro atoms. The van der Waals surface area contributed by atoms with Gasteiger partial charge in [0.05, 0.1) is 25.8 Å². The molecule has 0 radical (unpaired) electrons. The number of methoxy groups -OCH3 is 2. The average Bonchev–Trinajstić information content (AvgIpc) is 3.22. The molecule has 0 aliphatic rings. The number of carbonyl (C=O) groups is 1. The van der Waals surface area contributed by atoms with Gasteiger partial charge in [-0.05, 0) is 54.1 Å². The number of halogens is 3.